The Morgan fingerprint density at radius 2 is 2.08 bits per heavy atom. The van der Waals surface area contributed by atoms with Crippen molar-refractivity contribution in [2.24, 2.45) is 5.41 Å². The van der Waals surface area contributed by atoms with Crippen LogP contribution in [0.15, 0.2) is 42.7 Å². The van der Waals surface area contributed by atoms with Crippen molar-refractivity contribution in [3.63, 3.8) is 0 Å². The van der Waals surface area contributed by atoms with Gasteiger partial charge in [0.1, 0.15) is 0 Å². The van der Waals surface area contributed by atoms with E-state index in [1.165, 1.54) is 0 Å². The predicted octanol–water partition coefficient (Wildman–Crippen LogP) is 1.68. The molecule has 2 N–H and O–H groups in total. The van der Waals surface area contributed by atoms with Gasteiger partial charge in [0.15, 0.2) is 0 Å². The van der Waals surface area contributed by atoms with Gasteiger partial charge in [-0.2, -0.15) is 5.10 Å². The molecule has 0 spiro atoms. The van der Waals surface area contributed by atoms with E-state index in [1.54, 1.807) is 13.3 Å². The lowest BCUT2D eigenvalue weighted by Crippen LogP contribution is -2.47. The zero-order valence-electron chi connectivity index (χ0n) is 14.7. The van der Waals surface area contributed by atoms with Crippen LogP contribution in [0.25, 0.3) is 0 Å². The first-order valence-electron chi connectivity index (χ1n) is 8.75. The van der Waals surface area contributed by atoms with Gasteiger partial charge in [-0.25, -0.2) is 0 Å². The number of amides is 1. The molecule has 6 nitrogen and oxygen atoms in total. The van der Waals surface area contributed by atoms with Crippen LogP contribution in [0.1, 0.15) is 28.8 Å². The van der Waals surface area contributed by atoms with E-state index < -0.39 is 0 Å². The summed E-state index contributed by atoms with van der Waals surface area (Å²) in [6.07, 6.45) is 5.72. The van der Waals surface area contributed by atoms with E-state index >= 15 is 0 Å². The molecule has 1 aromatic carbocycles. The van der Waals surface area contributed by atoms with Crippen molar-refractivity contribution in [1.29, 1.82) is 0 Å². The molecule has 2 heterocycles. The second-order valence-electron chi connectivity index (χ2n) is 6.77. The number of benzene rings is 1. The molecule has 3 rings (SSSR count). The first-order chi connectivity index (χ1) is 12.2. The molecule has 25 heavy (non-hydrogen) atoms. The second kappa shape index (κ2) is 8.27. The third-order valence-corrected chi connectivity index (χ3v) is 4.86. The van der Waals surface area contributed by atoms with Crippen molar-refractivity contribution >= 4 is 5.91 Å². The summed E-state index contributed by atoms with van der Waals surface area (Å²) in [6, 6.07) is 9.61. The molecule has 0 saturated carbocycles. The van der Waals surface area contributed by atoms with Crippen molar-refractivity contribution in [3.8, 4) is 0 Å². The summed E-state index contributed by atoms with van der Waals surface area (Å²) in [5.41, 5.74) is 1.84. The lowest BCUT2D eigenvalue weighted by molar-refractivity contribution is 0.0512. The SMILES string of the molecule is COCC1(CNC(=O)c2ccc(Cn3cccn3)cc2)CCNCC1. The van der Waals surface area contributed by atoms with E-state index in [9.17, 15) is 4.79 Å². The summed E-state index contributed by atoms with van der Waals surface area (Å²) in [5.74, 6) is -0.0281. The van der Waals surface area contributed by atoms with E-state index in [0.29, 0.717) is 25.3 Å². The molecule has 1 saturated heterocycles. The van der Waals surface area contributed by atoms with Crippen LogP contribution < -0.4 is 10.6 Å². The van der Waals surface area contributed by atoms with Gasteiger partial charge in [0, 0.05) is 37.0 Å². The molecule has 1 fully saturated rings. The Morgan fingerprint density at radius 1 is 1.32 bits per heavy atom. The zero-order chi connectivity index (χ0) is 17.5. The topological polar surface area (TPSA) is 68.2 Å². The van der Waals surface area contributed by atoms with Crippen molar-refractivity contribution in [2.45, 2.75) is 19.4 Å². The third-order valence-electron chi connectivity index (χ3n) is 4.86. The predicted molar refractivity (Wildman–Crippen MR) is 96.5 cm³/mol. The first kappa shape index (κ1) is 17.6. The van der Waals surface area contributed by atoms with Crippen molar-refractivity contribution in [2.75, 3.05) is 33.4 Å². The van der Waals surface area contributed by atoms with Gasteiger partial charge in [-0.05, 0) is 49.7 Å². The van der Waals surface area contributed by atoms with Gasteiger partial charge in [-0.1, -0.05) is 12.1 Å². The summed E-state index contributed by atoms with van der Waals surface area (Å²) < 4.78 is 7.26. The lowest BCUT2D eigenvalue weighted by atomic mass is 9.79. The Balaban J connectivity index is 1.57. The average Bonchev–Trinajstić information content (AvgIpc) is 3.14. The number of nitrogens with one attached hydrogen (secondary N) is 2. The van der Waals surface area contributed by atoms with E-state index in [1.807, 2.05) is 41.2 Å². The van der Waals surface area contributed by atoms with Crippen LogP contribution in [-0.2, 0) is 11.3 Å². The monoisotopic (exact) mass is 342 g/mol. The highest BCUT2D eigenvalue weighted by molar-refractivity contribution is 5.94. The molecule has 0 atom stereocenters. The van der Waals surface area contributed by atoms with Gasteiger partial charge in [0.05, 0.1) is 13.2 Å². The van der Waals surface area contributed by atoms with Crippen LogP contribution in [0.5, 0.6) is 0 Å². The minimum atomic E-state index is -0.0281. The largest absolute Gasteiger partial charge is 0.384 e. The Hall–Kier alpha value is -2.18. The molecule has 0 unspecified atom stereocenters. The van der Waals surface area contributed by atoms with Gasteiger partial charge < -0.3 is 15.4 Å². The highest BCUT2D eigenvalue weighted by Crippen LogP contribution is 2.28. The number of carbonyl (C=O) groups excluding carboxylic acids is 1. The van der Waals surface area contributed by atoms with E-state index in [-0.39, 0.29) is 11.3 Å². The Kier molecular flexibility index (Phi) is 5.83. The normalized spacial score (nSPS) is 16.5. The molecule has 2 aromatic rings. The maximum Gasteiger partial charge on any atom is 0.251 e. The second-order valence-corrected chi connectivity index (χ2v) is 6.77. The molecule has 1 aliphatic heterocycles. The number of hydrogen-bond acceptors (Lipinski definition) is 4. The molecular weight excluding hydrogens is 316 g/mol. The van der Waals surface area contributed by atoms with Crippen LogP contribution in [0.4, 0.5) is 0 Å². The number of aromatic nitrogens is 2. The van der Waals surface area contributed by atoms with Gasteiger partial charge in [-0.15, -0.1) is 0 Å². The molecule has 1 amide bonds. The Labute approximate surface area is 148 Å². The minimum Gasteiger partial charge on any atom is -0.384 e. The minimum absolute atomic E-state index is 0.0281. The lowest BCUT2D eigenvalue weighted by Gasteiger charge is -2.37. The molecule has 0 bridgehead atoms. The number of nitrogens with zero attached hydrogens (tertiary/aromatic N) is 2. The fourth-order valence-corrected chi connectivity index (χ4v) is 3.35. The number of hydrogen-bond donors (Lipinski definition) is 2. The number of piperidine rings is 1. The number of methoxy groups -OCH3 is 1. The Morgan fingerprint density at radius 3 is 2.72 bits per heavy atom. The number of rotatable bonds is 7. The molecule has 1 aliphatic rings. The standard InChI is InChI=1S/C19H26N4O2/c1-25-15-19(7-10-20-11-8-19)14-21-18(24)17-5-3-16(4-6-17)13-23-12-2-9-22-23/h2-6,9,12,20H,7-8,10-11,13-15H2,1H3,(H,21,24). The maximum atomic E-state index is 12.5. The highest BCUT2D eigenvalue weighted by Gasteiger charge is 2.32. The quantitative estimate of drug-likeness (QED) is 0.803. The molecule has 134 valence electrons. The summed E-state index contributed by atoms with van der Waals surface area (Å²) >= 11 is 0. The van der Waals surface area contributed by atoms with Crippen LogP contribution in [0.3, 0.4) is 0 Å². The van der Waals surface area contributed by atoms with E-state index in [4.69, 9.17) is 4.74 Å². The molecule has 6 heteroatoms. The summed E-state index contributed by atoms with van der Waals surface area (Å²) in [6.45, 7) is 3.98. The summed E-state index contributed by atoms with van der Waals surface area (Å²) in [5, 5.41) is 10.7. The molecular formula is C19H26N4O2. The van der Waals surface area contributed by atoms with Crippen LogP contribution in [0.2, 0.25) is 0 Å². The van der Waals surface area contributed by atoms with E-state index in [0.717, 1.165) is 31.5 Å². The van der Waals surface area contributed by atoms with Crippen molar-refractivity contribution < 1.29 is 9.53 Å². The smallest absolute Gasteiger partial charge is 0.251 e. The fraction of sp³-hybridized carbons (Fsp3) is 0.474. The maximum absolute atomic E-state index is 12.5. The van der Waals surface area contributed by atoms with Gasteiger partial charge in [-0.3, -0.25) is 9.48 Å². The van der Waals surface area contributed by atoms with Crippen molar-refractivity contribution in [3.05, 3.63) is 53.9 Å². The average molecular weight is 342 g/mol. The zero-order valence-corrected chi connectivity index (χ0v) is 14.7. The van der Waals surface area contributed by atoms with Gasteiger partial charge >= 0.3 is 0 Å². The van der Waals surface area contributed by atoms with Crippen molar-refractivity contribution in [1.82, 2.24) is 20.4 Å². The third kappa shape index (κ3) is 4.67. The van der Waals surface area contributed by atoms with Crippen LogP contribution in [-0.4, -0.2) is 49.0 Å². The number of ether oxygens (including phenoxy) is 1. The Bertz CT molecular complexity index is 656. The summed E-state index contributed by atoms with van der Waals surface area (Å²) in [4.78, 5) is 12.5. The van der Waals surface area contributed by atoms with Gasteiger partial charge in [0.2, 0.25) is 0 Å². The molecule has 1 aromatic heterocycles. The van der Waals surface area contributed by atoms with Crippen LogP contribution in [0, 0.1) is 5.41 Å². The molecule has 0 radical (unpaired) electrons. The first-order valence-corrected chi connectivity index (χ1v) is 8.75. The summed E-state index contributed by atoms with van der Waals surface area (Å²) in [7, 11) is 1.73. The van der Waals surface area contributed by atoms with Gasteiger partial charge in [0.25, 0.3) is 5.91 Å². The van der Waals surface area contributed by atoms with Crippen LogP contribution >= 0.6 is 0 Å². The molecule has 0 aliphatic carbocycles. The number of carbonyl (C=O) groups is 1. The van der Waals surface area contributed by atoms with E-state index in [2.05, 4.69) is 15.7 Å². The highest BCUT2D eigenvalue weighted by atomic mass is 16.5. The fourth-order valence-electron chi connectivity index (χ4n) is 3.35.